The molecule has 0 aliphatic heterocycles. The zero-order chi connectivity index (χ0) is 15.6. The van der Waals surface area contributed by atoms with Gasteiger partial charge in [0.1, 0.15) is 17.4 Å². The van der Waals surface area contributed by atoms with Crippen molar-refractivity contribution >= 4 is 5.71 Å². The normalized spacial score (nSPS) is 11.2. The summed E-state index contributed by atoms with van der Waals surface area (Å²) in [5.74, 6) is 0.0945. The molecule has 0 saturated heterocycles. The number of nitriles is 1. The third-order valence-corrected chi connectivity index (χ3v) is 3.22. The standard InChI is InChI=1S/C16H15N3O2/c1-10-8-11(2)19(16(21)14(10)9-17)18-12(3)13-6-4-5-7-15(13)20/h4-8,20H,1-3H3/b18-12-. The Balaban J connectivity index is 2.64. The summed E-state index contributed by atoms with van der Waals surface area (Å²) < 4.78 is 1.19. The van der Waals surface area contributed by atoms with Crippen molar-refractivity contribution < 1.29 is 5.11 Å². The van der Waals surface area contributed by atoms with E-state index in [1.807, 2.05) is 6.07 Å². The van der Waals surface area contributed by atoms with Crippen LogP contribution in [0.15, 0.2) is 40.2 Å². The number of pyridine rings is 1. The van der Waals surface area contributed by atoms with Crippen molar-refractivity contribution in [3.05, 3.63) is 63.1 Å². The van der Waals surface area contributed by atoms with E-state index in [2.05, 4.69) is 5.10 Å². The number of aromatic hydroxyl groups is 1. The topological polar surface area (TPSA) is 78.4 Å². The lowest BCUT2D eigenvalue weighted by Crippen LogP contribution is -2.23. The number of phenols is 1. The Kier molecular flexibility index (Phi) is 3.90. The van der Waals surface area contributed by atoms with Crippen LogP contribution in [-0.4, -0.2) is 15.5 Å². The molecule has 0 radical (unpaired) electrons. The highest BCUT2D eigenvalue weighted by molar-refractivity contribution is 6.00. The Labute approximate surface area is 122 Å². The fraction of sp³-hybridized carbons (Fsp3) is 0.188. The van der Waals surface area contributed by atoms with Crippen molar-refractivity contribution in [3.8, 4) is 11.8 Å². The minimum atomic E-state index is -0.454. The first kappa shape index (κ1) is 14.5. The number of hydrogen-bond donors (Lipinski definition) is 1. The molecule has 2 aromatic rings. The smallest absolute Gasteiger partial charge is 0.289 e. The van der Waals surface area contributed by atoms with E-state index in [1.165, 1.54) is 4.68 Å². The molecule has 0 spiro atoms. The molecule has 0 atom stereocenters. The van der Waals surface area contributed by atoms with E-state index in [4.69, 9.17) is 5.26 Å². The molecule has 0 unspecified atom stereocenters. The van der Waals surface area contributed by atoms with Crippen LogP contribution in [0.1, 0.15) is 29.3 Å². The lowest BCUT2D eigenvalue weighted by atomic mass is 10.1. The molecule has 0 saturated carbocycles. The summed E-state index contributed by atoms with van der Waals surface area (Å²) in [4.78, 5) is 12.3. The lowest BCUT2D eigenvalue weighted by Gasteiger charge is -2.09. The van der Waals surface area contributed by atoms with Crippen LogP contribution < -0.4 is 5.56 Å². The zero-order valence-electron chi connectivity index (χ0n) is 12.1. The van der Waals surface area contributed by atoms with Crippen LogP contribution in [0, 0.1) is 25.2 Å². The molecule has 1 N–H and O–H groups in total. The molecule has 5 nitrogen and oxygen atoms in total. The van der Waals surface area contributed by atoms with E-state index >= 15 is 0 Å². The molecule has 1 heterocycles. The first-order valence-electron chi connectivity index (χ1n) is 6.43. The minimum Gasteiger partial charge on any atom is -0.507 e. The summed E-state index contributed by atoms with van der Waals surface area (Å²) in [6.07, 6.45) is 0. The Morgan fingerprint density at radius 3 is 2.62 bits per heavy atom. The summed E-state index contributed by atoms with van der Waals surface area (Å²) in [5, 5.41) is 23.1. The minimum absolute atomic E-state index is 0.0782. The van der Waals surface area contributed by atoms with Gasteiger partial charge < -0.3 is 5.11 Å². The number of phenolic OH excluding ortho intramolecular Hbond substituents is 1. The molecule has 2 rings (SSSR count). The first-order valence-corrected chi connectivity index (χ1v) is 6.43. The molecule has 5 heteroatoms. The van der Waals surface area contributed by atoms with Crippen molar-refractivity contribution in [2.45, 2.75) is 20.8 Å². The second kappa shape index (κ2) is 5.63. The Hall–Kier alpha value is -2.87. The SMILES string of the molecule is C/C(=N/n1c(C)cc(C)c(C#N)c1=O)c1ccccc1O. The van der Waals surface area contributed by atoms with Crippen LogP contribution in [0.4, 0.5) is 0 Å². The van der Waals surface area contributed by atoms with E-state index < -0.39 is 5.56 Å². The van der Waals surface area contributed by atoms with Gasteiger partial charge in [-0.15, -0.1) is 0 Å². The summed E-state index contributed by atoms with van der Waals surface area (Å²) in [6, 6.07) is 10.4. The van der Waals surface area contributed by atoms with Gasteiger partial charge in [0.2, 0.25) is 0 Å². The van der Waals surface area contributed by atoms with Crippen LogP contribution in [0.2, 0.25) is 0 Å². The highest BCUT2D eigenvalue weighted by Gasteiger charge is 2.11. The van der Waals surface area contributed by atoms with Crippen LogP contribution >= 0.6 is 0 Å². The van der Waals surface area contributed by atoms with Crippen molar-refractivity contribution in [2.75, 3.05) is 0 Å². The molecular formula is C16H15N3O2. The number of nitrogens with zero attached hydrogens (tertiary/aromatic N) is 3. The van der Waals surface area contributed by atoms with E-state index in [0.717, 1.165) is 0 Å². The maximum Gasteiger partial charge on any atom is 0.289 e. The van der Waals surface area contributed by atoms with Gasteiger partial charge in [-0.1, -0.05) is 12.1 Å². The average Bonchev–Trinajstić information content (AvgIpc) is 2.44. The number of benzene rings is 1. The number of aromatic nitrogens is 1. The predicted octanol–water partition coefficient (Wildman–Crippen LogP) is 2.31. The number of hydrogen-bond acceptors (Lipinski definition) is 4. The number of para-hydroxylation sites is 1. The third-order valence-electron chi connectivity index (χ3n) is 3.22. The number of rotatable bonds is 2. The fourth-order valence-corrected chi connectivity index (χ4v) is 2.13. The van der Waals surface area contributed by atoms with Crippen molar-refractivity contribution in [1.29, 1.82) is 5.26 Å². The molecular weight excluding hydrogens is 266 g/mol. The third kappa shape index (κ3) is 2.70. The Morgan fingerprint density at radius 2 is 2.00 bits per heavy atom. The van der Waals surface area contributed by atoms with E-state index in [1.54, 1.807) is 51.1 Å². The summed E-state index contributed by atoms with van der Waals surface area (Å²) in [7, 11) is 0. The monoisotopic (exact) mass is 281 g/mol. The largest absolute Gasteiger partial charge is 0.507 e. The van der Waals surface area contributed by atoms with Gasteiger partial charge in [0.05, 0.1) is 5.71 Å². The summed E-state index contributed by atoms with van der Waals surface area (Å²) >= 11 is 0. The highest BCUT2D eigenvalue weighted by atomic mass is 16.3. The van der Waals surface area contributed by atoms with E-state index in [9.17, 15) is 9.90 Å². The predicted molar refractivity (Wildman–Crippen MR) is 80.6 cm³/mol. The molecule has 106 valence electrons. The molecule has 0 aliphatic rings. The fourth-order valence-electron chi connectivity index (χ4n) is 2.13. The van der Waals surface area contributed by atoms with Crippen molar-refractivity contribution in [2.24, 2.45) is 5.10 Å². The first-order chi connectivity index (χ1) is 9.95. The Bertz CT molecular complexity index is 826. The average molecular weight is 281 g/mol. The molecule has 1 aromatic carbocycles. The van der Waals surface area contributed by atoms with Gasteiger partial charge in [-0.25, -0.2) is 4.68 Å². The molecule has 0 fully saturated rings. The molecule has 0 bridgehead atoms. The van der Waals surface area contributed by atoms with E-state index in [0.29, 0.717) is 22.5 Å². The van der Waals surface area contributed by atoms with Crippen LogP contribution in [0.5, 0.6) is 5.75 Å². The van der Waals surface area contributed by atoms with Crippen LogP contribution in [0.3, 0.4) is 0 Å². The second-order valence-electron chi connectivity index (χ2n) is 4.78. The lowest BCUT2D eigenvalue weighted by molar-refractivity contribution is 0.474. The maximum absolute atomic E-state index is 12.3. The van der Waals surface area contributed by atoms with Gasteiger partial charge in [-0.2, -0.15) is 10.4 Å². The van der Waals surface area contributed by atoms with Crippen LogP contribution in [-0.2, 0) is 0 Å². The van der Waals surface area contributed by atoms with Gasteiger partial charge in [0.15, 0.2) is 0 Å². The van der Waals surface area contributed by atoms with Crippen molar-refractivity contribution in [3.63, 3.8) is 0 Å². The van der Waals surface area contributed by atoms with Crippen LogP contribution in [0.25, 0.3) is 0 Å². The van der Waals surface area contributed by atoms with Crippen molar-refractivity contribution in [1.82, 2.24) is 4.68 Å². The second-order valence-corrected chi connectivity index (χ2v) is 4.78. The quantitative estimate of drug-likeness (QED) is 0.858. The zero-order valence-corrected chi connectivity index (χ0v) is 12.1. The summed E-state index contributed by atoms with van der Waals surface area (Å²) in [5.41, 5.74) is 1.92. The Morgan fingerprint density at radius 1 is 1.33 bits per heavy atom. The van der Waals surface area contributed by atoms with Gasteiger partial charge in [0, 0.05) is 11.3 Å². The summed E-state index contributed by atoms with van der Waals surface area (Å²) in [6.45, 7) is 5.17. The van der Waals surface area contributed by atoms with Gasteiger partial charge in [-0.3, -0.25) is 4.79 Å². The molecule has 21 heavy (non-hydrogen) atoms. The maximum atomic E-state index is 12.3. The number of aryl methyl sites for hydroxylation is 2. The highest BCUT2D eigenvalue weighted by Crippen LogP contribution is 2.17. The molecule has 0 aliphatic carbocycles. The molecule has 0 amide bonds. The van der Waals surface area contributed by atoms with Gasteiger partial charge in [0.25, 0.3) is 5.56 Å². The van der Waals surface area contributed by atoms with Gasteiger partial charge >= 0.3 is 0 Å². The van der Waals surface area contributed by atoms with Gasteiger partial charge in [-0.05, 0) is 44.5 Å². The van der Waals surface area contributed by atoms with E-state index in [-0.39, 0.29) is 11.3 Å². The molecule has 1 aromatic heterocycles.